The normalized spacial score (nSPS) is 11.1. The SMILES string of the molecule is CCc1ccc(-n2nc3ccc(NC(=O)c4ccc(OC(C)C)cc4)cc3n2)cc1. The van der Waals surface area contributed by atoms with Gasteiger partial charge in [-0.2, -0.15) is 4.80 Å². The number of nitrogens with one attached hydrogen (secondary N) is 1. The Morgan fingerprint density at radius 1 is 0.967 bits per heavy atom. The van der Waals surface area contributed by atoms with E-state index in [1.54, 1.807) is 29.1 Å². The Bertz CT molecular complexity index is 1160. The van der Waals surface area contributed by atoms with Crippen LogP contribution in [0.15, 0.2) is 66.7 Å². The standard InChI is InChI=1S/C24H24N4O2/c1-4-17-5-10-20(11-6-17)28-26-22-14-9-19(15-23(22)27-28)25-24(29)18-7-12-21(13-8-18)30-16(2)3/h5-16H,4H2,1-3H3,(H,25,29). The van der Waals surface area contributed by atoms with Crippen molar-refractivity contribution in [3.8, 4) is 11.4 Å². The van der Waals surface area contributed by atoms with Gasteiger partial charge >= 0.3 is 0 Å². The average Bonchev–Trinajstić information content (AvgIpc) is 3.17. The molecular weight excluding hydrogens is 376 g/mol. The van der Waals surface area contributed by atoms with Crippen LogP contribution in [0.4, 0.5) is 5.69 Å². The molecule has 0 atom stereocenters. The number of anilines is 1. The zero-order valence-electron chi connectivity index (χ0n) is 17.3. The van der Waals surface area contributed by atoms with Gasteiger partial charge in [0.15, 0.2) is 0 Å². The second kappa shape index (κ2) is 8.37. The lowest BCUT2D eigenvalue weighted by molar-refractivity contribution is 0.102. The number of nitrogens with zero attached hydrogens (tertiary/aromatic N) is 3. The first-order valence-corrected chi connectivity index (χ1v) is 10.1. The summed E-state index contributed by atoms with van der Waals surface area (Å²) in [5.41, 5.74) is 4.88. The molecule has 0 radical (unpaired) electrons. The first-order chi connectivity index (χ1) is 14.5. The van der Waals surface area contributed by atoms with Gasteiger partial charge in [-0.05, 0) is 80.4 Å². The third-order valence-electron chi connectivity index (χ3n) is 4.70. The Morgan fingerprint density at radius 2 is 1.67 bits per heavy atom. The van der Waals surface area contributed by atoms with Crippen molar-refractivity contribution in [3.05, 3.63) is 77.9 Å². The van der Waals surface area contributed by atoms with Gasteiger partial charge in [0.2, 0.25) is 0 Å². The van der Waals surface area contributed by atoms with Crippen LogP contribution in [-0.2, 0) is 6.42 Å². The summed E-state index contributed by atoms with van der Waals surface area (Å²) in [6, 6.07) is 20.8. The molecule has 6 heteroatoms. The lowest BCUT2D eigenvalue weighted by atomic mass is 10.2. The number of hydrogen-bond donors (Lipinski definition) is 1. The van der Waals surface area contributed by atoms with E-state index >= 15 is 0 Å². The summed E-state index contributed by atoms with van der Waals surface area (Å²) in [6.45, 7) is 6.05. The largest absolute Gasteiger partial charge is 0.491 e. The van der Waals surface area contributed by atoms with E-state index in [2.05, 4.69) is 34.6 Å². The smallest absolute Gasteiger partial charge is 0.255 e. The van der Waals surface area contributed by atoms with Crippen molar-refractivity contribution >= 4 is 22.6 Å². The molecule has 0 aliphatic carbocycles. The Hall–Kier alpha value is -3.67. The number of fused-ring (bicyclic) bond motifs is 1. The van der Waals surface area contributed by atoms with Crippen LogP contribution in [0, 0.1) is 0 Å². The molecule has 0 aliphatic rings. The molecule has 0 aliphatic heterocycles. The van der Waals surface area contributed by atoms with Crippen LogP contribution >= 0.6 is 0 Å². The van der Waals surface area contributed by atoms with Gasteiger partial charge < -0.3 is 10.1 Å². The number of ether oxygens (including phenoxy) is 1. The van der Waals surface area contributed by atoms with Crippen LogP contribution in [0.5, 0.6) is 5.75 Å². The van der Waals surface area contributed by atoms with Gasteiger partial charge in [-0.3, -0.25) is 4.79 Å². The summed E-state index contributed by atoms with van der Waals surface area (Å²) in [6.07, 6.45) is 1.08. The van der Waals surface area contributed by atoms with E-state index in [9.17, 15) is 4.79 Å². The highest BCUT2D eigenvalue weighted by atomic mass is 16.5. The minimum Gasteiger partial charge on any atom is -0.491 e. The van der Waals surface area contributed by atoms with E-state index in [0.717, 1.165) is 23.4 Å². The molecule has 1 aromatic heterocycles. The summed E-state index contributed by atoms with van der Waals surface area (Å²) in [4.78, 5) is 14.2. The minimum absolute atomic E-state index is 0.0920. The van der Waals surface area contributed by atoms with Crippen LogP contribution in [-0.4, -0.2) is 27.0 Å². The molecule has 0 spiro atoms. The fourth-order valence-electron chi connectivity index (χ4n) is 3.13. The number of benzene rings is 3. The van der Waals surface area contributed by atoms with Gasteiger partial charge in [0, 0.05) is 11.3 Å². The average molecular weight is 400 g/mol. The summed E-state index contributed by atoms with van der Waals surface area (Å²) in [7, 11) is 0. The molecule has 1 amide bonds. The summed E-state index contributed by atoms with van der Waals surface area (Å²) in [5.74, 6) is 0.555. The first-order valence-electron chi connectivity index (χ1n) is 10.1. The van der Waals surface area contributed by atoms with Crippen LogP contribution < -0.4 is 10.1 Å². The van der Waals surface area contributed by atoms with Crippen molar-refractivity contribution in [1.82, 2.24) is 15.0 Å². The van der Waals surface area contributed by atoms with Crippen molar-refractivity contribution < 1.29 is 9.53 Å². The van der Waals surface area contributed by atoms with Gasteiger partial charge in [-0.15, -0.1) is 10.2 Å². The Balaban J connectivity index is 1.51. The third kappa shape index (κ3) is 4.33. The molecule has 6 nitrogen and oxygen atoms in total. The molecule has 0 bridgehead atoms. The fourth-order valence-corrected chi connectivity index (χ4v) is 3.13. The van der Waals surface area contributed by atoms with E-state index < -0.39 is 0 Å². The second-order valence-corrected chi connectivity index (χ2v) is 7.36. The molecule has 0 unspecified atom stereocenters. The molecule has 0 fully saturated rings. The zero-order chi connectivity index (χ0) is 21.1. The number of hydrogen-bond acceptors (Lipinski definition) is 4. The summed E-state index contributed by atoms with van der Waals surface area (Å²) < 4.78 is 5.62. The molecule has 4 aromatic rings. The molecule has 30 heavy (non-hydrogen) atoms. The Labute approximate surface area is 175 Å². The van der Waals surface area contributed by atoms with E-state index in [0.29, 0.717) is 16.8 Å². The van der Waals surface area contributed by atoms with Crippen molar-refractivity contribution in [1.29, 1.82) is 0 Å². The highest BCUT2D eigenvalue weighted by molar-refractivity contribution is 6.05. The summed E-state index contributed by atoms with van der Waals surface area (Å²) in [5, 5.41) is 12.0. The molecule has 0 saturated carbocycles. The fraction of sp³-hybridized carbons (Fsp3) is 0.208. The molecule has 3 aromatic carbocycles. The monoisotopic (exact) mass is 400 g/mol. The number of aromatic nitrogens is 3. The van der Waals surface area contributed by atoms with Crippen molar-refractivity contribution in [3.63, 3.8) is 0 Å². The molecule has 0 saturated heterocycles. The number of amides is 1. The van der Waals surface area contributed by atoms with E-state index in [1.165, 1.54) is 5.56 Å². The number of carbonyl (C=O) groups excluding carboxylic acids is 1. The van der Waals surface area contributed by atoms with Gasteiger partial charge in [0.1, 0.15) is 16.8 Å². The van der Waals surface area contributed by atoms with Crippen molar-refractivity contribution in [2.24, 2.45) is 0 Å². The van der Waals surface area contributed by atoms with Crippen molar-refractivity contribution in [2.75, 3.05) is 5.32 Å². The van der Waals surface area contributed by atoms with E-state index in [1.807, 2.05) is 44.2 Å². The van der Waals surface area contributed by atoms with E-state index in [-0.39, 0.29) is 12.0 Å². The molecule has 1 heterocycles. The van der Waals surface area contributed by atoms with Gasteiger partial charge in [0.25, 0.3) is 5.91 Å². The van der Waals surface area contributed by atoms with Gasteiger partial charge in [-0.25, -0.2) is 0 Å². The maximum Gasteiger partial charge on any atom is 0.255 e. The third-order valence-corrected chi connectivity index (χ3v) is 4.70. The number of rotatable bonds is 6. The van der Waals surface area contributed by atoms with Crippen LogP contribution in [0.25, 0.3) is 16.7 Å². The van der Waals surface area contributed by atoms with Crippen LogP contribution in [0.1, 0.15) is 36.7 Å². The quantitative estimate of drug-likeness (QED) is 0.493. The van der Waals surface area contributed by atoms with Gasteiger partial charge in [-0.1, -0.05) is 19.1 Å². The first kappa shape index (κ1) is 19.6. The maximum absolute atomic E-state index is 12.6. The molecule has 4 rings (SSSR count). The van der Waals surface area contributed by atoms with Gasteiger partial charge in [0.05, 0.1) is 11.8 Å². The van der Waals surface area contributed by atoms with Crippen molar-refractivity contribution in [2.45, 2.75) is 33.3 Å². The lowest BCUT2D eigenvalue weighted by Crippen LogP contribution is -2.12. The predicted octanol–water partition coefficient (Wildman–Crippen LogP) is 5.02. The number of aryl methyl sites for hydroxylation is 1. The summed E-state index contributed by atoms with van der Waals surface area (Å²) >= 11 is 0. The Morgan fingerprint density at radius 3 is 2.33 bits per heavy atom. The maximum atomic E-state index is 12.6. The molecule has 152 valence electrons. The van der Waals surface area contributed by atoms with Crippen LogP contribution in [0.3, 0.4) is 0 Å². The second-order valence-electron chi connectivity index (χ2n) is 7.36. The predicted molar refractivity (Wildman–Crippen MR) is 118 cm³/mol. The van der Waals surface area contributed by atoms with Crippen LogP contribution in [0.2, 0.25) is 0 Å². The highest BCUT2D eigenvalue weighted by Crippen LogP contribution is 2.20. The minimum atomic E-state index is -0.187. The highest BCUT2D eigenvalue weighted by Gasteiger charge is 2.10. The van der Waals surface area contributed by atoms with E-state index in [4.69, 9.17) is 4.74 Å². The Kier molecular flexibility index (Phi) is 5.48. The lowest BCUT2D eigenvalue weighted by Gasteiger charge is -2.10. The number of carbonyl (C=O) groups is 1. The zero-order valence-corrected chi connectivity index (χ0v) is 17.3. The molecule has 1 N–H and O–H groups in total. The molecular formula is C24H24N4O2. The topological polar surface area (TPSA) is 69.0 Å².